The van der Waals surface area contributed by atoms with Crippen LogP contribution in [0, 0.1) is 13.8 Å². The zero-order chi connectivity index (χ0) is 18.7. The van der Waals surface area contributed by atoms with Gasteiger partial charge in [0.1, 0.15) is 11.4 Å². The van der Waals surface area contributed by atoms with E-state index in [4.69, 9.17) is 21.1 Å². The lowest BCUT2D eigenvalue weighted by Crippen LogP contribution is -2.21. The molecule has 0 amide bonds. The highest BCUT2D eigenvalue weighted by atomic mass is 35.5. The Morgan fingerprint density at radius 2 is 1.73 bits per heavy atom. The van der Waals surface area contributed by atoms with Crippen molar-refractivity contribution in [2.75, 3.05) is 7.11 Å². The molecule has 1 heterocycles. The van der Waals surface area contributed by atoms with E-state index >= 15 is 0 Å². The Morgan fingerprint density at radius 1 is 1.08 bits per heavy atom. The van der Waals surface area contributed by atoms with Crippen LogP contribution in [0.2, 0.25) is 5.02 Å². The zero-order valence-electron chi connectivity index (χ0n) is 14.6. The van der Waals surface area contributed by atoms with Crippen LogP contribution in [-0.4, -0.2) is 28.1 Å². The number of halogens is 1. The Morgan fingerprint density at radius 3 is 2.35 bits per heavy atom. The Hall–Kier alpha value is -2.86. The predicted molar refractivity (Wildman–Crippen MR) is 97.7 cm³/mol. The second-order valence-electron chi connectivity index (χ2n) is 5.70. The Labute approximate surface area is 156 Å². The summed E-state index contributed by atoms with van der Waals surface area (Å²) in [4.78, 5) is 13.7. The van der Waals surface area contributed by atoms with Crippen LogP contribution in [0.25, 0.3) is 5.69 Å². The lowest BCUT2D eigenvalue weighted by molar-refractivity contribution is -0.149. The van der Waals surface area contributed by atoms with Crippen molar-refractivity contribution in [3.63, 3.8) is 0 Å². The van der Waals surface area contributed by atoms with Crippen LogP contribution in [0.1, 0.15) is 23.1 Å². The second kappa shape index (κ2) is 7.58. The Bertz CT molecular complexity index is 906. The maximum atomic E-state index is 12.3. The number of hydrogen-bond donors (Lipinski definition) is 0. The van der Waals surface area contributed by atoms with E-state index in [0.717, 1.165) is 11.4 Å². The molecule has 0 spiro atoms. The second-order valence-corrected chi connectivity index (χ2v) is 6.14. The van der Waals surface area contributed by atoms with Gasteiger partial charge >= 0.3 is 5.97 Å². The van der Waals surface area contributed by atoms with Crippen molar-refractivity contribution >= 4 is 17.6 Å². The Balaban J connectivity index is 2.04. The van der Waals surface area contributed by atoms with Gasteiger partial charge in [-0.3, -0.25) is 0 Å². The lowest BCUT2D eigenvalue weighted by Gasteiger charge is -2.19. The fraction of sp³-hybridized carbons (Fsp3) is 0.211. The Kier molecular flexibility index (Phi) is 5.23. The van der Waals surface area contributed by atoms with Gasteiger partial charge in [0, 0.05) is 10.6 Å². The first-order valence-corrected chi connectivity index (χ1v) is 8.37. The largest absolute Gasteiger partial charge is 0.472 e. The molecule has 0 aliphatic carbocycles. The smallest absolute Gasteiger partial charge is 0.351 e. The van der Waals surface area contributed by atoms with Crippen LogP contribution in [0.4, 0.5) is 0 Å². The van der Waals surface area contributed by atoms with Crippen molar-refractivity contribution in [1.29, 1.82) is 0 Å². The molecule has 0 N–H and O–H groups in total. The molecule has 26 heavy (non-hydrogen) atoms. The molecular formula is C19H18ClN3O3. The molecule has 3 aromatic rings. The average Bonchev–Trinajstić information content (AvgIpc) is 2.99. The highest BCUT2D eigenvalue weighted by molar-refractivity contribution is 6.30. The van der Waals surface area contributed by atoms with Crippen LogP contribution in [0.15, 0.2) is 48.5 Å². The highest BCUT2D eigenvalue weighted by Crippen LogP contribution is 2.31. The van der Waals surface area contributed by atoms with E-state index in [2.05, 4.69) is 10.2 Å². The molecular weight excluding hydrogens is 354 g/mol. The van der Waals surface area contributed by atoms with Gasteiger partial charge in [0.2, 0.25) is 6.10 Å². The van der Waals surface area contributed by atoms with Gasteiger partial charge in [-0.25, -0.2) is 4.79 Å². The molecule has 0 fully saturated rings. The first-order chi connectivity index (χ1) is 12.5. The number of rotatable bonds is 5. The fourth-order valence-electron chi connectivity index (χ4n) is 2.42. The zero-order valence-corrected chi connectivity index (χ0v) is 15.4. The van der Waals surface area contributed by atoms with Gasteiger partial charge in [-0.2, -0.15) is 10.2 Å². The van der Waals surface area contributed by atoms with Crippen molar-refractivity contribution in [1.82, 2.24) is 15.0 Å². The SMILES string of the molecule is COC(=O)C(Oc1ccc(Cl)cc1-n1nc(C)c(C)n1)c1ccccc1. The number of ether oxygens (including phenoxy) is 2. The standard InChI is InChI=1S/C19H18ClN3O3/c1-12-13(2)22-23(21-12)16-11-15(20)9-10-17(16)26-18(19(24)25-3)14-7-5-4-6-8-14/h4-11,18H,1-3H3. The topological polar surface area (TPSA) is 66.2 Å². The average molecular weight is 372 g/mol. The maximum Gasteiger partial charge on any atom is 0.351 e. The minimum absolute atomic E-state index is 0.420. The first kappa shape index (κ1) is 17.9. The fourth-order valence-corrected chi connectivity index (χ4v) is 2.59. The molecule has 0 aliphatic heterocycles. The summed E-state index contributed by atoms with van der Waals surface area (Å²) in [6, 6.07) is 14.2. The third-order valence-corrected chi connectivity index (χ3v) is 4.15. The molecule has 0 saturated carbocycles. The monoisotopic (exact) mass is 371 g/mol. The van der Waals surface area contributed by atoms with Gasteiger partial charge in [-0.15, -0.1) is 4.80 Å². The summed E-state index contributed by atoms with van der Waals surface area (Å²) in [6.07, 6.45) is -0.918. The van der Waals surface area contributed by atoms with E-state index in [1.54, 1.807) is 30.3 Å². The van der Waals surface area contributed by atoms with Gasteiger partial charge in [-0.05, 0) is 32.0 Å². The number of aromatic nitrogens is 3. The molecule has 134 valence electrons. The highest BCUT2D eigenvalue weighted by Gasteiger charge is 2.25. The molecule has 3 rings (SSSR count). The van der Waals surface area contributed by atoms with E-state index in [1.165, 1.54) is 11.9 Å². The lowest BCUT2D eigenvalue weighted by atomic mass is 10.1. The molecule has 6 nitrogen and oxygen atoms in total. The molecule has 1 aromatic heterocycles. The summed E-state index contributed by atoms with van der Waals surface area (Å²) >= 11 is 6.14. The third-order valence-electron chi connectivity index (χ3n) is 3.91. The van der Waals surface area contributed by atoms with Crippen LogP contribution in [0.5, 0.6) is 5.75 Å². The van der Waals surface area contributed by atoms with Crippen molar-refractivity contribution < 1.29 is 14.3 Å². The summed E-state index contributed by atoms with van der Waals surface area (Å²) in [5.41, 5.74) is 2.81. The molecule has 0 radical (unpaired) electrons. The van der Waals surface area contributed by atoms with Gasteiger partial charge in [-0.1, -0.05) is 41.9 Å². The first-order valence-electron chi connectivity index (χ1n) is 7.99. The number of hydrogen-bond acceptors (Lipinski definition) is 5. The van der Waals surface area contributed by atoms with E-state index in [1.807, 2.05) is 32.0 Å². The molecule has 0 bridgehead atoms. The van der Waals surface area contributed by atoms with Crippen LogP contribution in [0.3, 0.4) is 0 Å². The summed E-state index contributed by atoms with van der Waals surface area (Å²) in [5.74, 6) is -0.0819. The van der Waals surface area contributed by atoms with Crippen LogP contribution in [-0.2, 0) is 9.53 Å². The third kappa shape index (κ3) is 3.70. The van der Waals surface area contributed by atoms with Crippen molar-refractivity contribution in [2.45, 2.75) is 20.0 Å². The van der Waals surface area contributed by atoms with Crippen molar-refractivity contribution in [3.05, 3.63) is 70.5 Å². The number of benzene rings is 2. The summed E-state index contributed by atoms with van der Waals surface area (Å²) in [7, 11) is 1.33. The van der Waals surface area contributed by atoms with E-state index < -0.39 is 12.1 Å². The number of nitrogens with zero attached hydrogens (tertiary/aromatic N) is 3. The molecule has 0 saturated heterocycles. The molecule has 2 aromatic carbocycles. The molecule has 1 unspecified atom stereocenters. The molecule has 1 atom stereocenters. The van der Waals surface area contributed by atoms with Gasteiger partial charge in [0.25, 0.3) is 0 Å². The number of carbonyl (C=O) groups excluding carboxylic acids is 1. The van der Waals surface area contributed by atoms with Gasteiger partial charge in [0.05, 0.1) is 18.5 Å². The number of esters is 1. The van der Waals surface area contributed by atoms with Crippen molar-refractivity contribution in [2.24, 2.45) is 0 Å². The quantitative estimate of drug-likeness (QED) is 0.638. The number of methoxy groups -OCH3 is 1. The van der Waals surface area contributed by atoms with Crippen LogP contribution >= 0.6 is 11.6 Å². The summed E-state index contributed by atoms with van der Waals surface area (Å²) < 4.78 is 10.9. The molecule has 0 aliphatic rings. The summed E-state index contributed by atoms with van der Waals surface area (Å²) in [5, 5.41) is 9.26. The summed E-state index contributed by atoms with van der Waals surface area (Å²) in [6.45, 7) is 3.73. The number of carbonyl (C=O) groups is 1. The van der Waals surface area contributed by atoms with E-state index in [9.17, 15) is 4.79 Å². The predicted octanol–water partition coefficient (Wildman–Crippen LogP) is 3.83. The van der Waals surface area contributed by atoms with Crippen molar-refractivity contribution in [3.8, 4) is 11.4 Å². The molecule has 7 heteroatoms. The van der Waals surface area contributed by atoms with Gasteiger partial charge < -0.3 is 9.47 Å². The van der Waals surface area contributed by atoms with Gasteiger partial charge in [0.15, 0.2) is 0 Å². The van der Waals surface area contributed by atoms with E-state index in [0.29, 0.717) is 22.0 Å². The maximum absolute atomic E-state index is 12.3. The number of aryl methyl sites for hydroxylation is 2. The normalized spacial score (nSPS) is 11.8. The van der Waals surface area contributed by atoms with E-state index in [-0.39, 0.29) is 0 Å². The van der Waals surface area contributed by atoms with Crippen LogP contribution < -0.4 is 4.74 Å². The minimum atomic E-state index is -0.918. The minimum Gasteiger partial charge on any atom is -0.472 e.